The lowest BCUT2D eigenvalue weighted by molar-refractivity contribution is 0.112. The molecule has 0 fully saturated rings. The molecule has 2 aromatic heterocycles. The van der Waals surface area contributed by atoms with Crippen LogP contribution in [-0.4, -0.2) is 21.0 Å². The van der Waals surface area contributed by atoms with Crippen molar-refractivity contribution in [2.75, 3.05) is 0 Å². The molecule has 0 saturated heterocycles. The summed E-state index contributed by atoms with van der Waals surface area (Å²) in [6.07, 6.45) is 0.823. The van der Waals surface area contributed by atoms with Crippen LogP contribution in [0, 0.1) is 13.8 Å². The monoisotopic (exact) mass is 315 g/mol. The van der Waals surface area contributed by atoms with Gasteiger partial charge in [0.25, 0.3) is 5.89 Å². The number of aromatic nitrogens is 3. The van der Waals surface area contributed by atoms with Gasteiger partial charge < -0.3 is 9.09 Å². The van der Waals surface area contributed by atoms with Gasteiger partial charge in [-0.25, -0.2) is 0 Å². The first-order valence-corrected chi connectivity index (χ1v) is 7.11. The zero-order valence-electron chi connectivity index (χ0n) is 12.4. The first-order valence-electron chi connectivity index (χ1n) is 6.74. The summed E-state index contributed by atoms with van der Waals surface area (Å²) in [5.41, 5.74) is 3.84. The summed E-state index contributed by atoms with van der Waals surface area (Å²) in [7, 11) is 1.90. The summed E-state index contributed by atoms with van der Waals surface area (Å²) in [5, 5.41) is 4.64. The highest BCUT2D eigenvalue weighted by Gasteiger charge is 2.22. The fourth-order valence-corrected chi connectivity index (χ4v) is 2.56. The van der Waals surface area contributed by atoms with Crippen molar-refractivity contribution in [1.29, 1.82) is 0 Å². The van der Waals surface area contributed by atoms with Crippen LogP contribution in [0.2, 0.25) is 5.02 Å². The Morgan fingerprint density at radius 1 is 1.18 bits per heavy atom. The number of carbonyl (C=O) groups excluding carboxylic acids is 1. The summed E-state index contributed by atoms with van der Waals surface area (Å²) in [5.74, 6) is 0.803. The van der Waals surface area contributed by atoms with Gasteiger partial charge in [0.05, 0.1) is 5.56 Å². The van der Waals surface area contributed by atoms with Crippen LogP contribution in [0.1, 0.15) is 21.7 Å². The third-order valence-electron chi connectivity index (χ3n) is 3.89. The molecule has 0 bridgehead atoms. The van der Waals surface area contributed by atoms with Gasteiger partial charge in [-0.15, -0.1) is 0 Å². The molecular formula is C16H14ClN3O2. The Labute approximate surface area is 132 Å². The fraction of sp³-hybridized carbons (Fsp3) is 0.188. The van der Waals surface area contributed by atoms with E-state index in [1.54, 1.807) is 12.1 Å². The smallest absolute Gasteiger partial charge is 0.260 e. The molecule has 2 heterocycles. The molecule has 3 rings (SSSR count). The van der Waals surface area contributed by atoms with Gasteiger partial charge in [0.1, 0.15) is 0 Å². The Morgan fingerprint density at radius 2 is 1.86 bits per heavy atom. The Kier molecular flexibility index (Phi) is 3.58. The molecule has 22 heavy (non-hydrogen) atoms. The van der Waals surface area contributed by atoms with Gasteiger partial charge in [-0.2, -0.15) is 4.98 Å². The maximum Gasteiger partial charge on any atom is 0.260 e. The van der Waals surface area contributed by atoms with Crippen LogP contribution in [0.4, 0.5) is 0 Å². The van der Waals surface area contributed by atoms with E-state index in [1.807, 2.05) is 37.6 Å². The lowest BCUT2D eigenvalue weighted by atomic mass is 10.1. The highest BCUT2D eigenvalue weighted by atomic mass is 35.5. The topological polar surface area (TPSA) is 60.9 Å². The third-order valence-corrected chi connectivity index (χ3v) is 4.14. The van der Waals surface area contributed by atoms with Crippen molar-refractivity contribution < 1.29 is 9.32 Å². The molecule has 0 amide bonds. The number of hydrogen-bond acceptors (Lipinski definition) is 4. The van der Waals surface area contributed by atoms with Gasteiger partial charge in [0.15, 0.2) is 6.29 Å². The number of nitrogens with zero attached hydrogens (tertiary/aromatic N) is 3. The molecule has 5 nitrogen and oxygen atoms in total. The van der Waals surface area contributed by atoms with E-state index in [2.05, 4.69) is 10.1 Å². The van der Waals surface area contributed by atoms with E-state index in [0.29, 0.717) is 27.9 Å². The minimum absolute atomic E-state index is 0.341. The summed E-state index contributed by atoms with van der Waals surface area (Å²) >= 11 is 5.87. The van der Waals surface area contributed by atoms with Crippen molar-refractivity contribution in [3.05, 3.63) is 46.2 Å². The molecule has 0 N–H and O–H groups in total. The minimum Gasteiger partial charge on any atom is -0.351 e. The number of benzene rings is 1. The van der Waals surface area contributed by atoms with Crippen molar-refractivity contribution in [1.82, 2.24) is 14.7 Å². The SMILES string of the molecule is Cc1c(C=O)c(-c2nc(-c3ccc(Cl)cc3)no2)c(C)n1C. The summed E-state index contributed by atoms with van der Waals surface area (Å²) < 4.78 is 7.30. The normalized spacial score (nSPS) is 10.9. The molecule has 0 aliphatic rings. The quantitative estimate of drug-likeness (QED) is 0.689. The summed E-state index contributed by atoms with van der Waals surface area (Å²) in [6.45, 7) is 3.80. The maximum atomic E-state index is 11.4. The lowest BCUT2D eigenvalue weighted by Crippen LogP contribution is -1.93. The molecule has 1 aromatic carbocycles. The molecule has 3 aromatic rings. The second kappa shape index (κ2) is 5.42. The lowest BCUT2D eigenvalue weighted by Gasteiger charge is -1.98. The molecular weight excluding hydrogens is 302 g/mol. The van der Waals surface area contributed by atoms with E-state index in [9.17, 15) is 4.79 Å². The molecule has 0 spiro atoms. The van der Waals surface area contributed by atoms with Gasteiger partial charge in [-0.3, -0.25) is 4.79 Å². The van der Waals surface area contributed by atoms with Gasteiger partial charge >= 0.3 is 0 Å². The summed E-state index contributed by atoms with van der Waals surface area (Å²) in [4.78, 5) is 15.8. The van der Waals surface area contributed by atoms with E-state index >= 15 is 0 Å². The fourth-order valence-electron chi connectivity index (χ4n) is 2.43. The largest absolute Gasteiger partial charge is 0.351 e. The number of carbonyl (C=O) groups is 1. The van der Waals surface area contributed by atoms with Crippen molar-refractivity contribution in [2.24, 2.45) is 7.05 Å². The minimum atomic E-state index is 0.341. The standard InChI is InChI=1S/C16H14ClN3O2/c1-9-13(8-21)14(10(2)20(9)3)16-18-15(19-22-16)11-4-6-12(17)7-5-11/h4-8H,1-3H3. The van der Waals surface area contributed by atoms with Crippen LogP contribution in [0.5, 0.6) is 0 Å². The molecule has 0 aliphatic heterocycles. The van der Waals surface area contributed by atoms with Gasteiger partial charge in [0.2, 0.25) is 5.82 Å². The van der Waals surface area contributed by atoms with Crippen LogP contribution >= 0.6 is 11.6 Å². The number of hydrogen-bond donors (Lipinski definition) is 0. The second-order valence-electron chi connectivity index (χ2n) is 5.07. The molecule has 0 atom stereocenters. The highest BCUT2D eigenvalue weighted by molar-refractivity contribution is 6.30. The third kappa shape index (κ3) is 2.23. The van der Waals surface area contributed by atoms with Gasteiger partial charge in [0, 0.05) is 34.6 Å². The molecule has 0 saturated carbocycles. The van der Waals surface area contributed by atoms with Crippen molar-refractivity contribution in [2.45, 2.75) is 13.8 Å². The van der Waals surface area contributed by atoms with E-state index in [0.717, 1.165) is 23.2 Å². The average Bonchev–Trinajstić information content (AvgIpc) is 3.07. The molecule has 6 heteroatoms. The first kappa shape index (κ1) is 14.5. The average molecular weight is 316 g/mol. The Hall–Kier alpha value is -2.40. The van der Waals surface area contributed by atoms with Crippen LogP contribution < -0.4 is 0 Å². The van der Waals surface area contributed by atoms with E-state index < -0.39 is 0 Å². The van der Waals surface area contributed by atoms with Crippen molar-refractivity contribution in [3.63, 3.8) is 0 Å². The van der Waals surface area contributed by atoms with E-state index in [1.165, 1.54) is 0 Å². The van der Waals surface area contributed by atoms with Crippen LogP contribution in [0.3, 0.4) is 0 Å². The molecule has 112 valence electrons. The Balaban J connectivity index is 2.10. The zero-order chi connectivity index (χ0) is 15.9. The van der Waals surface area contributed by atoms with Crippen LogP contribution in [0.15, 0.2) is 28.8 Å². The van der Waals surface area contributed by atoms with Crippen molar-refractivity contribution in [3.8, 4) is 22.8 Å². The highest BCUT2D eigenvalue weighted by Crippen LogP contribution is 2.31. The van der Waals surface area contributed by atoms with Gasteiger partial charge in [-0.05, 0) is 38.1 Å². The number of rotatable bonds is 3. The first-order chi connectivity index (χ1) is 10.5. The maximum absolute atomic E-state index is 11.4. The zero-order valence-corrected chi connectivity index (χ0v) is 13.2. The Bertz CT molecular complexity index is 847. The number of aldehydes is 1. The van der Waals surface area contributed by atoms with Crippen molar-refractivity contribution >= 4 is 17.9 Å². The number of halogens is 1. The Morgan fingerprint density at radius 3 is 2.50 bits per heavy atom. The summed E-state index contributed by atoms with van der Waals surface area (Å²) in [6, 6.07) is 7.17. The van der Waals surface area contributed by atoms with Gasteiger partial charge in [-0.1, -0.05) is 16.8 Å². The van der Waals surface area contributed by atoms with Crippen LogP contribution in [-0.2, 0) is 7.05 Å². The van der Waals surface area contributed by atoms with E-state index in [-0.39, 0.29) is 0 Å². The predicted molar refractivity (Wildman–Crippen MR) is 84.0 cm³/mol. The molecule has 0 aliphatic carbocycles. The predicted octanol–water partition coefficient (Wildman–Crippen LogP) is 3.82. The molecule has 0 unspecified atom stereocenters. The van der Waals surface area contributed by atoms with E-state index in [4.69, 9.17) is 16.1 Å². The van der Waals surface area contributed by atoms with Crippen LogP contribution in [0.25, 0.3) is 22.8 Å². The second-order valence-corrected chi connectivity index (χ2v) is 5.50. The molecule has 0 radical (unpaired) electrons.